The first-order valence-corrected chi connectivity index (χ1v) is 21.3. The summed E-state index contributed by atoms with van der Waals surface area (Å²) in [5.41, 5.74) is 3.65. The van der Waals surface area contributed by atoms with Gasteiger partial charge in [-0.05, 0) is 55.0 Å². The summed E-state index contributed by atoms with van der Waals surface area (Å²) < 4.78 is 0. The average Bonchev–Trinajstić information content (AvgIpc) is 3.63. The minimum atomic E-state index is -0.196. The molecular formula is C46H66N8O2. The van der Waals surface area contributed by atoms with Crippen LogP contribution in [0.3, 0.4) is 0 Å². The van der Waals surface area contributed by atoms with Crippen molar-refractivity contribution in [3.05, 3.63) is 96.1 Å². The molecular weight excluding hydrogens is 697 g/mol. The molecule has 2 heterocycles. The predicted molar refractivity (Wildman–Crippen MR) is 230 cm³/mol. The number of unbranched alkanes of at least 4 members (excludes halogenated alkanes) is 10. The van der Waals surface area contributed by atoms with E-state index >= 15 is 0 Å². The average molecular weight is 763 g/mol. The molecule has 0 spiro atoms. The Labute approximate surface area is 336 Å². The van der Waals surface area contributed by atoms with Crippen LogP contribution in [0.5, 0.6) is 0 Å². The van der Waals surface area contributed by atoms with Crippen molar-refractivity contribution in [1.82, 2.24) is 19.6 Å². The second-order valence-electron chi connectivity index (χ2n) is 15.7. The molecule has 10 heteroatoms. The summed E-state index contributed by atoms with van der Waals surface area (Å²) >= 11 is 0. The number of benzene rings is 3. The Hall–Kier alpha value is -4.86. The van der Waals surface area contributed by atoms with E-state index in [-0.39, 0.29) is 37.0 Å². The van der Waals surface area contributed by atoms with Crippen molar-refractivity contribution in [1.29, 1.82) is 10.8 Å². The van der Waals surface area contributed by atoms with Crippen molar-refractivity contribution in [2.45, 2.75) is 116 Å². The van der Waals surface area contributed by atoms with Gasteiger partial charge in [0.15, 0.2) is 11.9 Å². The minimum Gasteiger partial charge on any atom is -0.338 e. The van der Waals surface area contributed by atoms with Gasteiger partial charge in [-0.2, -0.15) is 0 Å². The number of amides is 2. The van der Waals surface area contributed by atoms with Crippen LogP contribution in [0.1, 0.15) is 102 Å². The van der Waals surface area contributed by atoms with Crippen molar-refractivity contribution < 1.29 is 9.59 Å². The smallest absolute Gasteiger partial charge is 0.244 e. The molecule has 302 valence electrons. The molecule has 0 aromatic heterocycles. The SMILES string of the molecule is CCCCCCCCN1C(=N)N(CC(=O)Nc2cccc(NC(=O)CN3C[C@H](Cc4ccccc4)N(CCCCCCCC)C3=N)c2)C[C@@H]1Cc1ccccc1. The van der Waals surface area contributed by atoms with Crippen LogP contribution in [0, 0.1) is 10.8 Å². The van der Waals surface area contributed by atoms with E-state index in [1.807, 2.05) is 40.1 Å². The van der Waals surface area contributed by atoms with Crippen LogP contribution >= 0.6 is 0 Å². The van der Waals surface area contributed by atoms with Crippen LogP contribution in [-0.4, -0.2) is 94.7 Å². The molecule has 56 heavy (non-hydrogen) atoms. The quantitative estimate of drug-likeness (QED) is 0.0679. The van der Waals surface area contributed by atoms with Gasteiger partial charge in [-0.15, -0.1) is 0 Å². The summed E-state index contributed by atoms with van der Waals surface area (Å²) in [5.74, 6) is 0.441. The number of carbonyl (C=O) groups excluding carboxylic acids is 2. The number of anilines is 2. The number of carbonyl (C=O) groups is 2. The molecule has 2 fully saturated rings. The largest absolute Gasteiger partial charge is 0.338 e. The summed E-state index contributed by atoms with van der Waals surface area (Å²) in [6.45, 7) is 7.54. The summed E-state index contributed by atoms with van der Waals surface area (Å²) in [6.07, 6.45) is 16.0. The van der Waals surface area contributed by atoms with Gasteiger partial charge in [0.1, 0.15) is 13.1 Å². The molecule has 3 aromatic rings. The topological polar surface area (TPSA) is 119 Å². The fourth-order valence-corrected chi connectivity index (χ4v) is 8.11. The summed E-state index contributed by atoms with van der Waals surface area (Å²) in [6, 6.07) is 28.3. The molecule has 0 saturated carbocycles. The molecule has 3 aromatic carbocycles. The molecule has 2 aliphatic heterocycles. The van der Waals surface area contributed by atoms with E-state index in [1.165, 1.54) is 62.5 Å². The van der Waals surface area contributed by atoms with Crippen LogP contribution in [0.15, 0.2) is 84.9 Å². The van der Waals surface area contributed by atoms with Crippen molar-refractivity contribution >= 4 is 35.1 Å². The third-order valence-electron chi connectivity index (χ3n) is 11.1. The van der Waals surface area contributed by atoms with Crippen molar-refractivity contribution in [3.63, 3.8) is 0 Å². The Morgan fingerprint density at radius 2 is 0.946 bits per heavy atom. The number of hydrogen-bond acceptors (Lipinski definition) is 4. The Balaban J connectivity index is 1.13. The summed E-state index contributed by atoms with van der Waals surface area (Å²) in [4.78, 5) is 34.9. The van der Waals surface area contributed by atoms with Gasteiger partial charge in [0, 0.05) is 37.6 Å². The lowest BCUT2D eigenvalue weighted by atomic mass is 10.0. The van der Waals surface area contributed by atoms with E-state index in [2.05, 4.69) is 82.8 Å². The lowest BCUT2D eigenvalue weighted by Crippen LogP contribution is -2.39. The third kappa shape index (κ3) is 13.1. The lowest BCUT2D eigenvalue weighted by Gasteiger charge is -2.25. The van der Waals surface area contributed by atoms with Crippen LogP contribution in [0.2, 0.25) is 0 Å². The van der Waals surface area contributed by atoms with Crippen LogP contribution in [0.4, 0.5) is 11.4 Å². The highest BCUT2D eigenvalue weighted by molar-refractivity contribution is 5.98. The normalized spacial score (nSPS) is 16.9. The number of nitrogens with one attached hydrogen (secondary N) is 4. The first-order valence-electron chi connectivity index (χ1n) is 21.3. The zero-order valence-corrected chi connectivity index (χ0v) is 34.0. The van der Waals surface area contributed by atoms with Crippen molar-refractivity contribution in [2.75, 3.05) is 49.9 Å². The predicted octanol–water partition coefficient (Wildman–Crippen LogP) is 8.61. The van der Waals surface area contributed by atoms with E-state index in [0.717, 1.165) is 51.6 Å². The molecule has 4 N–H and O–H groups in total. The van der Waals surface area contributed by atoms with Crippen molar-refractivity contribution in [3.8, 4) is 0 Å². The fourth-order valence-electron chi connectivity index (χ4n) is 8.11. The molecule has 2 amide bonds. The van der Waals surface area contributed by atoms with Crippen molar-refractivity contribution in [2.24, 2.45) is 0 Å². The maximum atomic E-state index is 13.4. The fraction of sp³-hybridized carbons (Fsp3) is 0.522. The number of rotatable bonds is 24. The Morgan fingerprint density at radius 3 is 1.36 bits per heavy atom. The van der Waals surface area contributed by atoms with Gasteiger partial charge in [-0.1, -0.05) is 145 Å². The molecule has 0 radical (unpaired) electrons. The van der Waals surface area contributed by atoms with Gasteiger partial charge in [0.05, 0.1) is 12.1 Å². The molecule has 0 unspecified atom stereocenters. The highest BCUT2D eigenvalue weighted by atomic mass is 16.2. The Morgan fingerprint density at radius 1 is 0.554 bits per heavy atom. The highest BCUT2D eigenvalue weighted by Crippen LogP contribution is 2.23. The van der Waals surface area contributed by atoms with Gasteiger partial charge in [0.2, 0.25) is 11.8 Å². The molecule has 2 atom stereocenters. The van der Waals surface area contributed by atoms with Gasteiger partial charge >= 0.3 is 0 Å². The van der Waals surface area contributed by atoms with Crippen LogP contribution in [-0.2, 0) is 22.4 Å². The number of hydrogen-bond donors (Lipinski definition) is 4. The number of guanidine groups is 2. The first-order chi connectivity index (χ1) is 27.3. The van der Waals surface area contributed by atoms with Crippen LogP contribution < -0.4 is 10.6 Å². The second-order valence-corrected chi connectivity index (χ2v) is 15.7. The maximum Gasteiger partial charge on any atom is 0.244 e. The van der Waals surface area contributed by atoms with Gasteiger partial charge in [0.25, 0.3) is 0 Å². The zero-order valence-electron chi connectivity index (χ0n) is 34.0. The summed E-state index contributed by atoms with van der Waals surface area (Å²) in [5, 5.41) is 24.1. The van der Waals surface area contributed by atoms with E-state index in [1.54, 1.807) is 6.07 Å². The second kappa shape index (κ2) is 22.6. The Kier molecular flexibility index (Phi) is 17.1. The van der Waals surface area contributed by atoms with E-state index < -0.39 is 0 Å². The maximum absolute atomic E-state index is 13.4. The molecule has 5 rings (SSSR count). The standard InChI is InChI=1S/C46H66N8O2/c1-3-5-7-9-11-19-28-53-41(30-37-22-15-13-16-23-37)33-51(45(53)47)35-43(55)49-39-26-21-27-40(32-39)50-44(56)36-52-34-42(31-38-24-17-14-18-25-38)54(46(52)48)29-20-12-10-8-6-4-2/h13-18,21-27,32,41-42,47-48H,3-12,19-20,28-31,33-36H2,1-2H3,(H,49,55)(H,50,56)/t41-,42-/m0/s1. The van der Waals surface area contributed by atoms with Crippen LogP contribution in [0.25, 0.3) is 0 Å². The molecule has 2 saturated heterocycles. The number of nitrogens with zero attached hydrogens (tertiary/aromatic N) is 4. The van der Waals surface area contributed by atoms with Gasteiger partial charge in [-0.25, -0.2) is 0 Å². The molecule has 0 aliphatic carbocycles. The molecule has 0 bridgehead atoms. The van der Waals surface area contributed by atoms with E-state index in [4.69, 9.17) is 10.8 Å². The minimum absolute atomic E-state index is 0.0875. The van der Waals surface area contributed by atoms with Gasteiger partial charge in [-0.3, -0.25) is 20.4 Å². The van der Waals surface area contributed by atoms with Gasteiger partial charge < -0.3 is 30.2 Å². The lowest BCUT2D eigenvalue weighted by molar-refractivity contribution is -0.117. The highest BCUT2D eigenvalue weighted by Gasteiger charge is 2.36. The summed E-state index contributed by atoms with van der Waals surface area (Å²) in [7, 11) is 0. The van der Waals surface area contributed by atoms with E-state index in [9.17, 15) is 9.59 Å². The zero-order chi connectivity index (χ0) is 39.5. The first kappa shape index (κ1) is 42.3. The Bertz CT molecular complexity index is 1550. The molecule has 10 nitrogen and oxygen atoms in total. The monoisotopic (exact) mass is 763 g/mol. The third-order valence-corrected chi connectivity index (χ3v) is 11.1. The van der Waals surface area contributed by atoms with E-state index in [0.29, 0.717) is 36.4 Å². The molecule has 2 aliphatic rings.